The van der Waals surface area contributed by atoms with Gasteiger partial charge in [-0.1, -0.05) is 0 Å². The molecule has 0 aromatic heterocycles. The summed E-state index contributed by atoms with van der Waals surface area (Å²) >= 11 is 0. The molecule has 0 aromatic rings. The number of esters is 2. The number of carbonyl (C=O) groups is 4. The predicted molar refractivity (Wildman–Crippen MR) is 95.8 cm³/mol. The van der Waals surface area contributed by atoms with Crippen LogP contribution in [-0.4, -0.2) is 49.9 Å². The lowest BCUT2D eigenvalue weighted by Crippen LogP contribution is -2.21. The Morgan fingerprint density at radius 1 is 0.630 bits per heavy atom. The molecule has 2 rings (SSSR count). The smallest absolute Gasteiger partial charge is 0.309 e. The van der Waals surface area contributed by atoms with Crippen LogP contribution >= 0.6 is 0 Å². The highest BCUT2D eigenvalue weighted by molar-refractivity contribution is 5.81. The van der Waals surface area contributed by atoms with Gasteiger partial charge in [-0.05, 0) is 52.4 Å². The molecule has 2 aliphatic rings. The monoisotopic (exact) mass is 382 g/mol. The maximum absolute atomic E-state index is 11.9. The zero-order chi connectivity index (χ0) is 19.8. The van der Waals surface area contributed by atoms with Gasteiger partial charge in [-0.15, -0.1) is 0 Å². The molecule has 27 heavy (non-hydrogen) atoms. The Morgan fingerprint density at radius 2 is 1.00 bits per heavy atom. The van der Waals surface area contributed by atoms with Crippen molar-refractivity contribution < 1.29 is 33.4 Å². The van der Waals surface area contributed by atoms with E-state index in [0.29, 0.717) is 25.7 Å². The Kier molecular flexibility index (Phi) is 8.41. The molecule has 0 radical (unpaired) electrons. The maximum atomic E-state index is 11.9. The summed E-state index contributed by atoms with van der Waals surface area (Å²) in [7, 11) is 0. The van der Waals surface area contributed by atoms with Crippen molar-refractivity contribution in [2.75, 3.05) is 26.4 Å². The van der Waals surface area contributed by atoms with Crippen LogP contribution in [0.5, 0.6) is 0 Å². The van der Waals surface area contributed by atoms with E-state index in [1.165, 1.54) is 0 Å². The molecule has 0 aromatic carbocycles. The third kappa shape index (κ3) is 6.72. The van der Waals surface area contributed by atoms with Crippen LogP contribution in [0.25, 0.3) is 0 Å². The van der Waals surface area contributed by atoms with E-state index < -0.39 is 0 Å². The molecular weight excluding hydrogens is 352 g/mol. The molecule has 0 amide bonds. The molecule has 0 N–H and O–H groups in total. The summed E-state index contributed by atoms with van der Waals surface area (Å²) in [6, 6.07) is 0. The first-order chi connectivity index (χ1) is 12.9. The maximum Gasteiger partial charge on any atom is 0.309 e. The largest absolute Gasteiger partial charge is 0.463 e. The number of hydrogen-bond donors (Lipinski definition) is 0. The minimum Gasteiger partial charge on any atom is -0.463 e. The molecule has 0 saturated heterocycles. The number of hydrogen-bond acceptors (Lipinski definition) is 7. The Morgan fingerprint density at radius 3 is 1.33 bits per heavy atom. The summed E-state index contributed by atoms with van der Waals surface area (Å²) in [5.41, 5.74) is 0. The molecule has 4 atom stereocenters. The summed E-state index contributed by atoms with van der Waals surface area (Å²) in [5, 5.41) is 0. The number of ketones is 2. The standard InChI is InChI=1S/C20H30O7/c1-13(21)15-3-5-17(11-15)19(23)26-9-7-25-8-10-27-20(24)18-6-4-16(12-18)14(2)22/h15-18H,3-12H2,1-2H3/t15-,16+,17-,18+. The summed E-state index contributed by atoms with van der Waals surface area (Å²) in [5.74, 6) is -0.673. The fraction of sp³-hybridized carbons (Fsp3) is 0.800. The molecule has 2 saturated carbocycles. The predicted octanol–water partition coefficient (Wildman–Crippen LogP) is 2.10. The lowest BCUT2D eigenvalue weighted by atomic mass is 10.0. The number of rotatable bonds is 10. The van der Waals surface area contributed by atoms with Gasteiger partial charge in [0.05, 0.1) is 25.0 Å². The van der Waals surface area contributed by atoms with Crippen LogP contribution in [0.4, 0.5) is 0 Å². The zero-order valence-electron chi connectivity index (χ0n) is 16.2. The topological polar surface area (TPSA) is 96.0 Å². The van der Waals surface area contributed by atoms with Crippen LogP contribution in [0.2, 0.25) is 0 Å². The van der Waals surface area contributed by atoms with Crippen molar-refractivity contribution in [3.63, 3.8) is 0 Å². The second-order valence-corrected chi connectivity index (χ2v) is 7.58. The molecule has 0 spiro atoms. The van der Waals surface area contributed by atoms with Crippen LogP contribution in [0.15, 0.2) is 0 Å². The van der Waals surface area contributed by atoms with Crippen LogP contribution in [-0.2, 0) is 33.4 Å². The van der Waals surface area contributed by atoms with Crippen molar-refractivity contribution >= 4 is 23.5 Å². The van der Waals surface area contributed by atoms with Crippen molar-refractivity contribution in [3.8, 4) is 0 Å². The second-order valence-electron chi connectivity index (χ2n) is 7.58. The van der Waals surface area contributed by atoms with Gasteiger partial charge in [0.1, 0.15) is 24.8 Å². The van der Waals surface area contributed by atoms with Gasteiger partial charge in [-0.25, -0.2) is 0 Å². The summed E-state index contributed by atoms with van der Waals surface area (Å²) in [6.07, 6.45) is 4.07. The average molecular weight is 382 g/mol. The first-order valence-corrected chi connectivity index (χ1v) is 9.80. The van der Waals surface area contributed by atoms with Gasteiger partial charge in [-0.3, -0.25) is 19.2 Å². The van der Waals surface area contributed by atoms with Crippen LogP contribution in [0.3, 0.4) is 0 Å². The molecule has 2 aliphatic carbocycles. The van der Waals surface area contributed by atoms with E-state index >= 15 is 0 Å². The number of carbonyl (C=O) groups excluding carboxylic acids is 4. The summed E-state index contributed by atoms with van der Waals surface area (Å²) in [4.78, 5) is 46.5. The van der Waals surface area contributed by atoms with E-state index in [0.717, 1.165) is 12.8 Å². The van der Waals surface area contributed by atoms with Crippen LogP contribution in [0, 0.1) is 23.7 Å². The van der Waals surface area contributed by atoms with Gasteiger partial charge in [0.25, 0.3) is 0 Å². The Hall–Kier alpha value is -1.76. The highest BCUT2D eigenvalue weighted by atomic mass is 16.6. The van der Waals surface area contributed by atoms with E-state index in [1.807, 2.05) is 0 Å². The normalized spacial score (nSPS) is 27.3. The van der Waals surface area contributed by atoms with Crippen molar-refractivity contribution in [1.82, 2.24) is 0 Å². The Balaban J connectivity index is 1.48. The first-order valence-electron chi connectivity index (χ1n) is 9.80. The molecule has 0 aliphatic heterocycles. The van der Waals surface area contributed by atoms with E-state index in [2.05, 4.69) is 0 Å². The van der Waals surface area contributed by atoms with Crippen molar-refractivity contribution in [2.45, 2.75) is 52.4 Å². The molecule has 0 bridgehead atoms. The van der Waals surface area contributed by atoms with Crippen LogP contribution in [0.1, 0.15) is 52.4 Å². The van der Waals surface area contributed by atoms with Gasteiger partial charge >= 0.3 is 11.9 Å². The lowest BCUT2D eigenvalue weighted by Gasteiger charge is -2.12. The van der Waals surface area contributed by atoms with Gasteiger partial charge in [-0.2, -0.15) is 0 Å². The first kappa shape index (κ1) is 21.5. The van der Waals surface area contributed by atoms with Crippen molar-refractivity contribution in [3.05, 3.63) is 0 Å². The minimum absolute atomic E-state index is 0.0147. The van der Waals surface area contributed by atoms with E-state index in [4.69, 9.17) is 14.2 Å². The minimum atomic E-state index is -0.268. The third-order valence-corrected chi connectivity index (χ3v) is 5.63. The molecule has 0 heterocycles. The number of ether oxygens (including phenoxy) is 3. The highest BCUT2D eigenvalue weighted by Gasteiger charge is 2.34. The van der Waals surface area contributed by atoms with Crippen LogP contribution < -0.4 is 0 Å². The highest BCUT2D eigenvalue weighted by Crippen LogP contribution is 2.33. The van der Waals surface area contributed by atoms with E-state index in [1.54, 1.807) is 13.8 Å². The molecule has 152 valence electrons. The lowest BCUT2D eigenvalue weighted by molar-refractivity contribution is -0.151. The fourth-order valence-corrected chi connectivity index (χ4v) is 3.87. The average Bonchev–Trinajstić information content (AvgIpc) is 3.30. The summed E-state index contributed by atoms with van der Waals surface area (Å²) < 4.78 is 15.7. The zero-order valence-corrected chi connectivity index (χ0v) is 16.2. The van der Waals surface area contributed by atoms with E-state index in [-0.39, 0.29) is 73.6 Å². The van der Waals surface area contributed by atoms with Gasteiger partial charge in [0.2, 0.25) is 0 Å². The van der Waals surface area contributed by atoms with E-state index in [9.17, 15) is 19.2 Å². The fourth-order valence-electron chi connectivity index (χ4n) is 3.87. The quantitative estimate of drug-likeness (QED) is 0.422. The third-order valence-electron chi connectivity index (χ3n) is 5.63. The van der Waals surface area contributed by atoms with Gasteiger partial charge < -0.3 is 14.2 Å². The molecule has 2 fully saturated rings. The molecular formula is C20H30O7. The molecule has 7 heteroatoms. The van der Waals surface area contributed by atoms with Crippen molar-refractivity contribution in [1.29, 1.82) is 0 Å². The summed E-state index contributed by atoms with van der Waals surface area (Å²) in [6.45, 7) is 3.90. The number of Topliss-reactive ketones (excluding diaryl/α,β-unsaturated/α-hetero) is 2. The Bertz CT molecular complexity index is 509. The van der Waals surface area contributed by atoms with Gasteiger partial charge in [0.15, 0.2) is 0 Å². The van der Waals surface area contributed by atoms with Gasteiger partial charge in [0, 0.05) is 11.8 Å². The SMILES string of the molecule is CC(=O)[C@@H]1CC[C@@H](C(=O)OCCOCCOC(=O)[C@H]2CC[C@H](C(C)=O)C2)C1. The molecule has 7 nitrogen and oxygen atoms in total. The second kappa shape index (κ2) is 10.5. The molecule has 0 unspecified atom stereocenters. The Labute approximate surface area is 160 Å². The van der Waals surface area contributed by atoms with Crippen molar-refractivity contribution in [2.24, 2.45) is 23.7 Å².